The fourth-order valence-electron chi connectivity index (χ4n) is 2.60. The van der Waals surface area contributed by atoms with Gasteiger partial charge in [-0.25, -0.2) is 9.67 Å². The first-order chi connectivity index (χ1) is 10.2. The van der Waals surface area contributed by atoms with Gasteiger partial charge in [0.2, 0.25) is 0 Å². The van der Waals surface area contributed by atoms with Crippen molar-refractivity contribution in [3.8, 4) is 5.82 Å². The number of aromatic nitrogens is 3. The van der Waals surface area contributed by atoms with E-state index in [1.165, 1.54) is 0 Å². The van der Waals surface area contributed by atoms with Crippen LogP contribution in [0.4, 0.5) is 0 Å². The van der Waals surface area contributed by atoms with E-state index in [-0.39, 0.29) is 18.0 Å². The summed E-state index contributed by atoms with van der Waals surface area (Å²) >= 11 is 0. The third-order valence-corrected chi connectivity index (χ3v) is 3.81. The van der Waals surface area contributed by atoms with Crippen molar-refractivity contribution in [2.24, 2.45) is 5.73 Å². The Morgan fingerprint density at radius 2 is 2.05 bits per heavy atom. The Morgan fingerprint density at radius 3 is 2.76 bits per heavy atom. The van der Waals surface area contributed by atoms with Crippen LogP contribution < -0.4 is 11.1 Å². The average molecular weight is 285 g/mol. The van der Waals surface area contributed by atoms with Crippen LogP contribution in [0.2, 0.25) is 0 Å². The minimum absolute atomic E-state index is 0.135. The van der Waals surface area contributed by atoms with Crippen LogP contribution in [-0.4, -0.2) is 32.8 Å². The third-order valence-electron chi connectivity index (χ3n) is 3.81. The maximum Gasteiger partial charge on any atom is 0.270 e. The molecule has 1 amide bonds. The van der Waals surface area contributed by atoms with Gasteiger partial charge in [-0.15, -0.1) is 0 Å². The van der Waals surface area contributed by atoms with Crippen molar-refractivity contribution in [3.63, 3.8) is 0 Å². The van der Waals surface area contributed by atoms with Crippen molar-refractivity contribution in [2.45, 2.75) is 37.8 Å². The average Bonchev–Trinajstić information content (AvgIpc) is 3.04. The highest BCUT2D eigenvalue weighted by molar-refractivity contribution is 5.92. The summed E-state index contributed by atoms with van der Waals surface area (Å²) in [6.45, 7) is 0. The second-order valence-electron chi connectivity index (χ2n) is 5.42. The van der Waals surface area contributed by atoms with Gasteiger partial charge >= 0.3 is 0 Å². The molecule has 1 fully saturated rings. The molecule has 0 bridgehead atoms. The molecule has 1 aliphatic rings. The number of nitrogens with one attached hydrogen (secondary N) is 1. The zero-order valence-electron chi connectivity index (χ0n) is 11.8. The van der Waals surface area contributed by atoms with Crippen molar-refractivity contribution < 1.29 is 4.79 Å². The summed E-state index contributed by atoms with van der Waals surface area (Å²) in [4.78, 5) is 16.6. The number of amides is 1. The fraction of sp³-hybridized carbons (Fsp3) is 0.400. The van der Waals surface area contributed by atoms with Crippen LogP contribution in [0.25, 0.3) is 5.82 Å². The lowest BCUT2D eigenvalue weighted by Gasteiger charge is -2.26. The van der Waals surface area contributed by atoms with Crippen molar-refractivity contribution in [1.29, 1.82) is 0 Å². The summed E-state index contributed by atoms with van der Waals surface area (Å²) in [5.41, 5.74) is 6.29. The molecule has 0 saturated heterocycles. The standard InChI is InChI=1S/C15H19N5O/c16-11-5-7-12(8-6-11)18-15(21)13-3-1-4-14(19-13)20-10-2-9-17-20/h1-4,9-12H,5-8,16H2,(H,18,21). The number of nitrogens with zero attached hydrogens (tertiary/aromatic N) is 3. The lowest BCUT2D eigenvalue weighted by atomic mass is 9.92. The lowest BCUT2D eigenvalue weighted by Crippen LogP contribution is -2.40. The van der Waals surface area contributed by atoms with E-state index in [0.29, 0.717) is 11.5 Å². The zero-order valence-corrected chi connectivity index (χ0v) is 11.8. The Bertz CT molecular complexity index is 602. The fourth-order valence-corrected chi connectivity index (χ4v) is 2.60. The van der Waals surface area contributed by atoms with Crippen LogP contribution in [0.5, 0.6) is 0 Å². The molecule has 0 atom stereocenters. The van der Waals surface area contributed by atoms with E-state index in [2.05, 4.69) is 15.4 Å². The van der Waals surface area contributed by atoms with Crippen LogP contribution in [0.1, 0.15) is 36.2 Å². The van der Waals surface area contributed by atoms with Crippen molar-refractivity contribution >= 4 is 5.91 Å². The second-order valence-corrected chi connectivity index (χ2v) is 5.42. The predicted molar refractivity (Wildman–Crippen MR) is 79.1 cm³/mol. The van der Waals surface area contributed by atoms with Gasteiger partial charge < -0.3 is 11.1 Å². The molecule has 0 unspecified atom stereocenters. The molecule has 0 spiro atoms. The van der Waals surface area contributed by atoms with Crippen LogP contribution in [0.3, 0.4) is 0 Å². The molecule has 0 radical (unpaired) electrons. The van der Waals surface area contributed by atoms with Gasteiger partial charge in [-0.3, -0.25) is 4.79 Å². The van der Waals surface area contributed by atoms with Crippen molar-refractivity contribution in [2.75, 3.05) is 0 Å². The van der Waals surface area contributed by atoms with E-state index in [0.717, 1.165) is 25.7 Å². The smallest absolute Gasteiger partial charge is 0.270 e. The van der Waals surface area contributed by atoms with E-state index in [9.17, 15) is 4.79 Å². The Kier molecular flexibility index (Phi) is 3.96. The Balaban J connectivity index is 1.69. The van der Waals surface area contributed by atoms with Gasteiger partial charge in [-0.1, -0.05) is 6.07 Å². The molecule has 1 saturated carbocycles. The molecule has 6 heteroatoms. The summed E-state index contributed by atoms with van der Waals surface area (Å²) in [6, 6.07) is 7.65. The zero-order chi connectivity index (χ0) is 14.7. The summed E-state index contributed by atoms with van der Waals surface area (Å²) < 4.78 is 1.64. The van der Waals surface area contributed by atoms with Crippen LogP contribution in [0.15, 0.2) is 36.7 Å². The largest absolute Gasteiger partial charge is 0.348 e. The van der Waals surface area contributed by atoms with Gasteiger partial charge in [0.15, 0.2) is 5.82 Å². The molecule has 2 aromatic heterocycles. The first-order valence-corrected chi connectivity index (χ1v) is 7.26. The minimum Gasteiger partial charge on any atom is -0.348 e. The van der Waals surface area contributed by atoms with Gasteiger partial charge in [-0.05, 0) is 43.9 Å². The lowest BCUT2D eigenvalue weighted by molar-refractivity contribution is 0.0920. The van der Waals surface area contributed by atoms with E-state index < -0.39 is 0 Å². The van der Waals surface area contributed by atoms with Gasteiger partial charge in [-0.2, -0.15) is 5.10 Å². The summed E-state index contributed by atoms with van der Waals surface area (Å²) in [5, 5.41) is 7.16. The maximum atomic E-state index is 12.3. The summed E-state index contributed by atoms with van der Waals surface area (Å²) in [5.74, 6) is 0.503. The number of carbonyl (C=O) groups excluding carboxylic acids is 1. The highest BCUT2D eigenvalue weighted by atomic mass is 16.1. The van der Waals surface area contributed by atoms with Crippen LogP contribution >= 0.6 is 0 Å². The van der Waals surface area contributed by atoms with E-state index in [4.69, 9.17) is 5.73 Å². The van der Waals surface area contributed by atoms with Gasteiger partial charge in [0, 0.05) is 24.5 Å². The topological polar surface area (TPSA) is 85.8 Å². The first kappa shape index (κ1) is 13.8. The molecule has 21 heavy (non-hydrogen) atoms. The van der Waals surface area contributed by atoms with Gasteiger partial charge in [0.25, 0.3) is 5.91 Å². The maximum absolute atomic E-state index is 12.3. The molecule has 0 aromatic carbocycles. The minimum atomic E-state index is -0.135. The van der Waals surface area contributed by atoms with E-state index in [1.807, 2.05) is 18.2 Å². The van der Waals surface area contributed by atoms with Crippen LogP contribution in [0, 0.1) is 0 Å². The molecular formula is C15H19N5O. The van der Waals surface area contributed by atoms with E-state index in [1.54, 1.807) is 23.1 Å². The molecule has 6 nitrogen and oxygen atoms in total. The number of hydrogen-bond acceptors (Lipinski definition) is 4. The number of carbonyl (C=O) groups is 1. The Hall–Kier alpha value is -2.21. The molecular weight excluding hydrogens is 266 g/mol. The SMILES string of the molecule is NC1CCC(NC(=O)c2cccc(-n3cccn3)n2)CC1. The molecule has 110 valence electrons. The second kappa shape index (κ2) is 6.05. The molecule has 3 rings (SSSR count). The molecule has 1 aliphatic carbocycles. The number of rotatable bonds is 3. The number of hydrogen-bond donors (Lipinski definition) is 2. The molecule has 3 N–H and O–H groups in total. The highest BCUT2D eigenvalue weighted by Gasteiger charge is 2.21. The summed E-state index contributed by atoms with van der Waals surface area (Å²) in [7, 11) is 0. The quantitative estimate of drug-likeness (QED) is 0.889. The van der Waals surface area contributed by atoms with Crippen molar-refractivity contribution in [3.05, 3.63) is 42.4 Å². The van der Waals surface area contributed by atoms with Crippen molar-refractivity contribution in [1.82, 2.24) is 20.1 Å². The third kappa shape index (κ3) is 3.28. The van der Waals surface area contributed by atoms with Crippen LogP contribution in [-0.2, 0) is 0 Å². The normalized spacial score (nSPS) is 22.0. The Labute approximate surface area is 123 Å². The molecule has 0 aliphatic heterocycles. The highest BCUT2D eigenvalue weighted by Crippen LogP contribution is 2.17. The number of pyridine rings is 1. The predicted octanol–water partition coefficient (Wildman–Crippen LogP) is 1.27. The molecule has 2 aromatic rings. The van der Waals surface area contributed by atoms with Gasteiger partial charge in [0.1, 0.15) is 5.69 Å². The van der Waals surface area contributed by atoms with E-state index >= 15 is 0 Å². The van der Waals surface area contributed by atoms with Gasteiger partial charge in [0.05, 0.1) is 0 Å². The number of nitrogens with two attached hydrogens (primary N) is 1. The molecule has 2 heterocycles. The Morgan fingerprint density at radius 1 is 1.24 bits per heavy atom. The first-order valence-electron chi connectivity index (χ1n) is 7.26. The monoisotopic (exact) mass is 285 g/mol. The summed E-state index contributed by atoms with van der Waals surface area (Å²) in [6.07, 6.45) is 7.28.